The van der Waals surface area contributed by atoms with Gasteiger partial charge in [0.05, 0.1) is 12.2 Å². The van der Waals surface area contributed by atoms with Crippen LogP contribution in [0.5, 0.6) is 0 Å². The predicted molar refractivity (Wildman–Crippen MR) is 107 cm³/mol. The normalized spacial score (nSPS) is 11.8. The van der Waals surface area contributed by atoms with E-state index >= 15 is 0 Å². The third-order valence-corrected chi connectivity index (χ3v) is 5.06. The monoisotopic (exact) mass is 374 g/mol. The average Bonchev–Trinajstić information content (AvgIpc) is 3.25. The van der Waals surface area contributed by atoms with Gasteiger partial charge in [0.25, 0.3) is 0 Å². The molecule has 26 heavy (non-hydrogen) atoms. The molecule has 0 amide bonds. The molecule has 0 unspecified atom stereocenters. The van der Waals surface area contributed by atoms with Gasteiger partial charge in [0, 0.05) is 50.2 Å². The van der Waals surface area contributed by atoms with E-state index in [4.69, 9.17) is 0 Å². The van der Waals surface area contributed by atoms with Crippen LogP contribution in [0.15, 0.2) is 34.8 Å². The van der Waals surface area contributed by atoms with Gasteiger partial charge in [0.2, 0.25) is 0 Å². The molecule has 0 bridgehead atoms. The number of benzene rings is 1. The van der Waals surface area contributed by atoms with Crippen LogP contribution in [0.25, 0.3) is 10.9 Å². The van der Waals surface area contributed by atoms with Gasteiger partial charge in [0.1, 0.15) is 5.82 Å². The van der Waals surface area contributed by atoms with E-state index in [0.29, 0.717) is 6.54 Å². The lowest BCUT2D eigenvalue weighted by Gasteiger charge is -2.11. The summed E-state index contributed by atoms with van der Waals surface area (Å²) in [6, 6.07) is 4.82. The summed E-state index contributed by atoms with van der Waals surface area (Å²) in [6.07, 6.45) is 2.74. The number of aromatic amines is 1. The number of aliphatic imine (C=N–C) groups is 1. The fraction of sp³-hybridized carbons (Fsp3) is 0.333. The maximum absolute atomic E-state index is 13.3. The van der Waals surface area contributed by atoms with Crippen molar-refractivity contribution in [2.75, 3.05) is 32.6 Å². The molecule has 2 aromatic heterocycles. The molecule has 0 aliphatic rings. The average molecular weight is 374 g/mol. The maximum atomic E-state index is 13.3. The molecule has 2 heterocycles. The molecule has 138 valence electrons. The summed E-state index contributed by atoms with van der Waals surface area (Å²) < 4.78 is 13.3. The molecular weight excluding hydrogens is 351 g/mol. The largest absolute Gasteiger partial charge is 0.361 e. The highest BCUT2D eigenvalue weighted by Gasteiger charge is 2.07. The van der Waals surface area contributed by atoms with E-state index in [9.17, 15) is 4.39 Å². The number of anilines is 1. The van der Waals surface area contributed by atoms with Crippen molar-refractivity contribution in [2.24, 2.45) is 4.99 Å². The van der Waals surface area contributed by atoms with Crippen LogP contribution in [0.4, 0.5) is 9.52 Å². The first-order valence-electron chi connectivity index (χ1n) is 8.38. The molecule has 3 rings (SSSR count). The van der Waals surface area contributed by atoms with Gasteiger partial charge < -0.3 is 20.5 Å². The Balaban J connectivity index is 1.50. The van der Waals surface area contributed by atoms with Crippen molar-refractivity contribution in [1.82, 2.24) is 20.6 Å². The van der Waals surface area contributed by atoms with Crippen molar-refractivity contribution in [1.29, 1.82) is 0 Å². The number of guanidine groups is 1. The number of nitrogens with one attached hydrogen (secondary N) is 3. The molecule has 0 spiro atoms. The van der Waals surface area contributed by atoms with Crippen molar-refractivity contribution in [3.8, 4) is 0 Å². The molecular formula is C18H23FN6S. The molecule has 0 aliphatic carbocycles. The minimum Gasteiger partial charge on any atom is -0.361 e. The summed E-state index contributed by atoms with van der Waals surface area (Å²) in [5, 5.41) is 10.6. The minimum atomic E-state index is -0.229. The van der Waals surface area contributed by atoms with E-state index in [2.05, 4.69) is 25.6 Å². The number of halogens is 1. The lowest BCUT2D eigenvalue weighted by Crippen LogP contribution is -2.37. The van der Waals surface area contributed by atoms with Crippen LogP contribution in [0, 0.1) is 5.82 Å². The molecule has 3 N–H and O–H groups in total. The van der Waals surface area contributed by atoms with Crippen LogP contribution in [0.2, 0.25) is 0 Å². The summed E-state index contributed by atoms with van der Waals surface area (Å²) in [5.41, 5.74) is 2.96. The zero-order chi connectivity index (χ0) is 18.5. The Labute approximate surface area is 156 Å². The molecule has 6 nitrogen and oxygen atoms in total. The Morgan fingerprint density at radius 1 is 1.35 bits per heavy atom. The minimum absolute atomic E-state index is 0.229. The highest BCUT2D eigenvalue weighted by Crippen LogP contribution is 2.19. The lowest BCUT2D eigenvalue weighted by molar-refractivity contribution is 0.629. The van der Waals surface area contributed by atoms with Crippen LogP contribution < -0.4 is 15.5 Å². The third kappa shape index (κ3) is 4.32. The number of rotatable bonds is 6. The SMILES string of the molecule is CN=C(NCCc1c[nH]c2cc(F)ccc12)NCc1csc(N(C)C)n1. The van der Waals surface area contributed by atoms with Gasteiger partial charge in [-0.3, -0.25) is 4.99 Å². The first-order valence-corrected chi connectivity index (χ1v) is 9.26. The van der Waals surface area contributed by atoms with Crippen LogP contribution in [0.3, 0.4) is 0 Å². The second-order valence-electron chi connectivity index (χ2n) is 6.12. The van der Waals surface area contributed by atoms with Crippen molar-refractivity contribution in [2.45, 2.75) is 13.0 Å². The highest BCUT2D eigenvalue weighted by atomic mass is 32.1. The molecule has 1 aromatic carbocycles. The Hall–Kier alpha value is -2.61. The quantitative estimate of drug-likeness (QED) is 0.458. The second kappa shape index (κ2) is 8.18. The maximum Gasteiger partial charge on any atom is 0.191 e. The number of thiazole rings is 1. The smallest absolute Gasteiger partial charge is 0.191 e. The first-order chi connectivity index (χ1) is 12.6. The van der Waals surface area contributed by atoms with Crippen LogP contribution in [-0.2, 0) is 13.0 Å². The standard InChI is InChI=1S/C18H23FN6S/c1-20-17(23-10-14-11-26-18(24-14)25(2)3)21-7-6-12-9-22-16-8-13(19)4-5-15(12)16/h4-5,8-9,11,22H,6-7,10H2,1-3H3,(H2,20,21,23). The Bertz CT molecular complexity index is 898. The van der Waals surface area contributed by atoms with Gasteiger partial charge in [-0.1, -0.05) is 0 Å². The molecule has 8 heteroatoms. The molecule has 0 aliphatic heterocycles. The van der Waals surface area contributed by atoms with E-state index in [0.717, 1.165) is 46.2 Å². The van der Waals surface area contributed by atoms with E-state index in [1.54, 1.807) is 18.4 Å². The van der Waals surface area contributed by atoms with Crippen molar-refractivity contribution in [3.05, 3.63) is 46.9 Å². The van der Waals surface area contributed by atoms with E-state index < -0.39 is 0 Å². The van der Waals surface area contributed by atoms with Gasteiger partial charge >= 0.3 is 0 Å². The third-order valence-electron chi connectivity index (χ3n) is 4.00. The van der Waals surface area contributed by atoms with Crippen LogP contribution in [0.1, 0.15) is 11.3 Å². The topological polar surface area (TPSA) is 68.3 Å². The van der Waals surface area contributed by atoms with Gasteiger partial charge in [-0.25, -0.2) is 9.37 Å². The predicted octanol–water partition coefficient (Wildman–Crippen LogP) is 2.74. The van der Waals surface area contributed by atoms with Crippen molar-refractivity contribution >= 4 is 33.3 Å². The highest BCUT2D eigenvalue weighted by molar-refractivity contribution is 7.13. The molecule has 0 saturated carbocycles. The van der Waals surface area contributed by atoms with Crippen LogP contribution in [-0.4, -0.2) is 43.6 Å². The number of hydrogen-bond acceptors (Lipinski definition) is 4. The van der Waals surface area contributed by atoms with Gasteiger partial charge in [-0.05, 0) is 30.2 Å². The summed E-state index contributed by atoms with van der Waals surface area (Å²) in [7, 11) is 5.71. The lowest BCUT2D eigenvalue weighted by atomic mass is 10.1. The number of aromatic nitrogens is 2. The zero-order valence-corrected chi connectivity index (χ0v) is 16.0. The number of fused-ring (bicyclic) bond motifs is 1. The molecule has 0 radical (unpaired) electrons. The molecule has 0 fully saturated rings. The Morgan fingerprint density at radius 2 is 2.19 bits per heavy atom. The van der Waals surface area contributed by atoms with E-state index in [1.807, 2.05) is 36.6 Å². The van der Waals surface area contributed by atoms with Crippen molar-refractivity contribution < 1.29 is 4.39 Å². The number of hydrogen-bond donors (Lipinski definition) is 3. The van der Waals surface area contributed by atoms with E-state index in [-0.39, 0.29) is 5.82 Å². The fourth-order valence-electron chi connectivity index (χ4n) is 2.66. The summed E-state index contributed by atoms with van der Waals surface area (Å²) >= 11 is 1.62. The van der Waals surface area contributed by atoms with Gasteiger partial charge in [-0.15, -0.1) is 11.3 Å². The number of H-pyrrole nitrogens is 1. The molecule has 0 saturated heterocycles. The van der Waals surface area contributed by atoms with E-state index in [1.165, 1.54) is 12.1 Å². The molecule has 3 aromatic rings. The molecule has 0 atom stereocenters. The van der Waals surface area contributed by atoms with Crippen LogP contribution >= 0.6 is 11.3 Å². The second-order valence-corrected chi connectivity index (χ2v) is 6.96. The Kier molecular flexibility index (Phi) is 5.72. The number of nitrogens with zero attached hydrogens (tertiary/aromatic N) is 3. The first kappa shape index (κ1) is 18.2. The van der Waals surface area contributed by atoms with Gasteiger partial charge in [0.15, 0.2) is 11.1 Å². The summed E-state index contributed by atoms with van der Waals surface area (Å²) in [4.78, 5) is 13.9. The fourth-order valence-corrected chi connectivity index (χ4v) is 3.42. The Morgan fingerprint density at radius 3 is 2.92 bits per heavy atom. The van der Waals surface area contributed by atoms with Gasteiger partial charge in [-0.2, -0.15) is 0 Å². The van der Waals surface area contributed by atoms with Crippen molar-refractivity contribution in [3.63, 3.8) is 0 Å². The summed E-state index contributed by atoms with van der Waals surface area (Å²) in [6.45, 7) is 1.35. The summed E-state index contributed by atoms with van der Waals surface area (Å²) in [5.74, 6) is 0.503. The zero-order valence-electron chi connectivity index (χ0n) is 15.1.